The molecule has 1 aromatic carbocycles. The molecule has 0 heterocycles. The van der Waals surface area contributed by atoms with E-state index in [0.717, 1.165) is 6.07 Å². The van der Waals surface area contributed by atoms with Crippen LogP contribution < -0.4 is 11.1 Å². The highest BCUT2D eigenvalue weighted by atomic mass is 19.4. The Morgan fingerprint density at radius 2 is 1.85 bits per heavy atom. The normalized spacial score (nSPS) is 14.1. The van der Waals surface area contributed by atoms with Crippen molar-refractivity contribution in [1.82, 2.24) is 5.32 Å². The van der Waals surface area contributed by atoms with Crippen molar-refractivity contribution in [3.05, 3.63) is 35.4 Å². The summed E-state index contributed by atoms with van der Waals surface area (Å²) in [6.45, 7) is 4.00. The average molecular weight is 374 g/mol. The van der Waals surface area contributed by atoms with Crippen LogP contribution in [0.25, 0.3) is 0 Å². The number of nitrogens with one attached hydrogen (secondary N) is 1. The Morgan fingerprint density at radius 3 is 2.38 bits per heavy atom. The number of nitrogens with two attached hydrogens (primary N) is 1. The van der Waals surface area contributed by atoms with Crippen molar-refractivity contribution in [2.45, 2.75) is 45.3 Å². The largest absolute Gasteiger partial charge is 0.481 e. The molecule has 0 saturated carbocycles. The van der Waals surface area contributed by atoms with E-state index in [-0.39, 0.29) is 36.8 Å². The number of aliphatic carboxylic acids is 1. The maximum absolute atomic E-state index is 13.0. The van der Waals surface area contributed by atoms with Crippen LogP contribution in [-0.2, 0) is 22.2 Å². The highest BCUT2D eigenvalue weighted by Crippen LogP contribution is 2.32. The first kappa shape index (κ1) is 22.0. The molecule has 0 fully saturated rings. The third-order valence-corrected chi connectivity index (χ3v) is 3.93. The van der Waals surface area contributed by atoms with Crippen LogP contribution in [-0.4, -0.2) is 29.6 Å². The smallest absolute Gasteiger partial charge is 0.416 e. The number of halogens is 3. The van der Waals surface area contributed by atoms with Crippen molar-refractivity contribution >= 4 is 11.9 Å². The van der Waals surface area contributed by atoms with E-state index in [0.29, 0.717) is 6.42 Å². The average Bonchev–Trinajstić information content (AvgIpc) is 2.50. The van der Waals surface area contributed by atoms with Gasteiger partial charge >= 0.3 is 12.1 Å². The van der Waals surface area contributed by atoms with Crippen LogP contribution in [0, 0.1) is 11.8 Å². The Morgan fingerprint density at radius 1 is 1.23 bits per heavy atom. The highest BCUT2D eigenvalue weighted by Gasteiger charge is 2.33. The molecule has 0 aliphatic rings. The van der Waals surface area contributed by atoms with Gasteiger partial charge < -0.3 is 16.2 Å². The molecule has 0 bridgehead atoms. The molecule has 1 aromatic rings. The van der Waals surface area contributed by atoms with Crippen molar-refractivity contribution in [2.75, 3.05) is 6.54 Å². The Hall–Kier alpha value is -2.09. The van der Waals surface area contributed by atoms with E-state index in [2.05, 4.69) is 5.32 Å². The van der Waals surface area contributed by atoms with Gasteiger partial charge in [-0.1, -0.05) is 32.0 Å². The minimum Gasteiger partial charge on any atom is -0.481 e. The molecule has 5 nitrogen and oxygen atoms in total. The van der Waals surface area contributed by atoms with Gasteiger partial charge in [0.2, 0.25) is 5.91 Å². The van der Waals surface area contributed by atoms with Crippen molar-refractivity contribution in [2.24, 2.45) is 17.6 Å². The molecular weight excluding hydrogens is 349 g/mol. The van der Waals surface area contributed by atoms with E-state index in [9.17, 15) is 22.8 Å². The number of carbonyl (C=O) groups is 2. The van der Waals surface area contributed by atoms with Gasteiger partial charge in [-0.15, -0.1) is 0 Å². The minimum absolute atomic E-state index is 0.0492. The predicted octanol–water partition coefficient (Wildman–Crippen LogP) is 2.83. The van der Waals surface area contributed by atoms with Crippen LogP contribution >= 0.6 is 0 Å². The van der Waals surface area contributed by atoms with E-state index < -0.39 is 29.7 Å². The fourth-order valence-corrected chi connectivity index (χ4v) is 2.83. The summed E-state index contributed by atoms with van der Waals surface area (Å²) in [5.74, 6) is -1.57. The molecule has 0 aromatic heterocycles. The summed E-state index contributed by atoms with van der Waals surface area (Å²) in [6, 6.07) is 3.83. The first-order valence-electron chi connectivity index (χ1n) is 8.40. The lowest BCUT2D eigenvalue weighted by atomic mass is 9.94. The summed E-state index contributed by atoms with van der Waals surface area (Å²) in [5.41, 5.74) is 4.89. The molecule has 0 saturated heterocycles. The Balaban J connectivity index is 2.69. The van der Waals surface area contributed by atoms with E-state index in [4.69, 9.17) is 10.8 Å². The number of hydrogen-bond donors (Lipinski definition) is 3. The van der Waals surface area contributed by atoms with Crippen LogP contribution in [0.1, 0.15) is 37.8 Å². The maximum atomic E-state index is 13.0. The monoisotopic (exact) mass is 374 g/mol. The molecule has 1 rings (SSSR count). The fraction of sp³-hybridized carbons (Fsp3) is 0.556. The lowest BCUT2D eigenvalue weighted by Gasteiger charge is -2.20. The zero-order chi connectivity index (χ0) is 19.9. The summed E-state index contributed by atoms with van der Waals surface area (Å²) < 4.78 is 39.0. The lowest BCUT2D eigenvalue weighted by Crippen LogP contribution is -2.44. The van der Waals surface area contributed by atoms with Crippen molar-refractivity contribution < 1.29 is 27.9 Å². The van der Waals surface area contributed by atoms with Crippen LogP contribution in [0.3, 0.4) is 0 Å². The second-order valence-electron chi connectivity index (χ2n) is 6.80. The number of carboxylic acid groups (broad SMARTS) is 1. The number of carbonyl (C=O) groups excluding carboxylic acids is 1. The van der Waals surface area contributed by atoms with Gasteiger partial charge in [-0.3, -0.25) is 9.59 Å². The van der Waals surface area contributed by atoms with Gasteiger partial charge in [0.25, 0.3) is 0 Å². The summed E-state index contributed by atoms with van der Waals surface area (Å²) in [5, 5.41) is 11.5. The molecular formula is C18H25F3N2O3. The Kier molecular flexibility index (Phi) is 8.08. The SMILES string of the molecule is CC(C)C[C@@H](CNC(=O)[C@H](N)Cc1ccccc1C(F)(F)F)CC(=O)O. The van der Waals surface area contributed by atoms with Crippen LogP contribution in [0.4, 0.5) is 13.2 Å². The standard InChI is InChI=1S/C18H25F3N2O3/c1-11(2)7-12(8-16(24)25)10-23-17(26)15(22)9-13-5-3-4-6-14(13)18(19,20)21/h3-6,11-12,15H,7-10,22H2,1-2H3,(H,23,26)(H,24,25)/t12-,15-/m1/s1. The minimum atomic E-state index is -4.52. The molecule has 4 N–H and O–H groups in total. The number of benzene rings is 1. The van der Waals surface area contributed by atoms with Crippen molar-refractivity contribution in [3.8, 4) is 0 Å². The lowest BCUT2D eigenvalue weighted by molar-refractivity contribution is -0.139. The van der Waals surface area contributed by atoms with Gasteiger partial charge in [-0.25, -0.2) is 0 Å². The first-order chi connectivity index (χ1) is 12.0. The Bertz CT molecular complexity index is 618. The quantitative estimate of drug-likeness (QED) is 0.620. The predicted molar refractivity (Wildman–Crippen MR) is 91.3 cm³/mol. The van der Waals surface area contributed by atoms with Gasteiger partial charge in [-0.2, -0.15) is 13.2 Å². The highest BCUT2D eigenvalue weighted by molar-refractivity contribution is 5.82. The molecule has 146 valence electrons. The van der Waals surface area contributed by atoms with Crippen LogP contribution in [0.5, 0.6) is 0 Å². The van der Waals surface area contributed by atoms with E-state index in [1.165, 1.54) is 18.2 Å². The van der Waals surface area contributed by atoms with Gasteiger partial charge in [0.05, 0.1) is 11.6 Å². The van der Waals surface area contributed by atoms with Gasteiger partial charge in [-0.05, 0) is 36.3 Å². The summed E-state index contributed by atoms with van der Waals surface area (Å²) >= 11 is 0. The third-order valence-electron chi connectivity index (χ3n) is 3.93. The molecule has 0 radical (unpaired) electrons. The number of carboxylic acids is 1. The summed E-state index contributed by atoms with van der Waals surface area (Å²) in [4.78, 5) is 23.0. The number of rotatable bonds is 9. The second-order valence-corrected chi connectivity index (χ2v) is 6.80. The topological polar surface area (TPSA) is 92.4 Å². The van der Waals surface area contributed by atoms with Crippen molar-refractivity contribution in [1.29, 1.82) is 0 Å². The number of hydrogen-bond acceptors (Lipinski definition) is 3. The zero-order valence-corrected chi connectivity index (χ0v) is 14.8. The molecule has 0 spiro atoms. The molecule has 0 unspecified atom stereocenters. The van der Waals surface area contributed by atoms with E-state index >= 15 is 0 Å². The van der Waals surface area contributed by atoms with Gasteiger partial charge in [0, 0.05) is 13.0 Å². The molecule has 8 heteroatoms. The molecule has 2 atom stereocenters. The fourth-order valence-electron chi connectivity index (χ4n) is 2.83. The summed E-state index contributed by atoms with van der Waals surface area (Å²) in [6.07, 6.45) is -4.25. The first-order valence-corrected chi connectivity index (χ1v) is 8.40. The van der Waals surface area contributed by atoms with Crippen LogP contribution in [0.15, 0.2) is 24.3 Å². The van der Waals surface area contributed by atoms with E-state index in [1.807, 2.05) is 13.8 Å². The molecule has 26 heavy (non-hydrogen) atoms. The van der Waals surface area contributed by atoms with Crippen LogP contribution in [0.2, 0.25) is 0 Å². The molecule has 0 aliphatic carbocycles. The molecule has 0 aliphatic heterocycles. The number of amides is 1. The molecule has 1 amide bonds. The second kappa shape index (κ2) is 9.56. The summed E-state index contributed by atoms with van der Waals surface area (Å²) in [7, 11) is 0. The zero-order valence-electron chi connectivity index (χ0n) is 14.8. The number of alkyl halides is 3. The van der Waals surface area contributed by atoms with E-state index in [1.54, 1.807) is 0 Å². The maximum Gasteiger partial charge on any atom is 0.416 e. The third kappa shape index (κ3) is 7.43. The Labute approximate surface area is 150 Å². The van der Waals surface area contributed by atoms with Gasteiger partial charge in [0.15, 0.2) is 0 Å². The van der Waals surface area contributed by atoms with Crippen molar-refractivity contribution in [3.63, 3.8) is 0 Å². The van der Waals surface area contributed by atoms with Gasteiger partial charge in [0.1, 0.15) is 0 Å².